The number of hydrogen-bond acceptors (Lipinski definition) is 5. The molecule has 0 saturated carbocycles. The summed E-state index contributed by atoms with van der Waals surface area (Å²) in [4.78, 5) is 1.36. The van der Waals surface area contributed by atoms with Gasteiger partial charge in [-0.1, -0.05) is 20.3 Å². The molecule has 0 fully saturated rings. The lowest BCUT2D eigenvalue weighted by Crippen LogP contribution is -2.30. The summed E-state index contributed by atoms with van der Waals surface area (Å²) in [6.45, 7) is 7.98. The van der Waals surface area contributed by atoms with Gasteiger partial charge in [0.25, 0.3) is 0 Å². The first-order chi connectivity index (χ1) is 10.3. The van der Waals surface area contributed by atoms with Crippen molar-refractivity contribution in [1.82, 2.24) is 5.32 Å². The van der Waals surface area contributed by atoms with Gasteiger partial charge in [-0.15, -0.1) is 11.3 Å². The Labute approximate surface area is 132 Å². The van der Waals surface area contributed by atoms with Crippen molar-refractivity contribution in [2.24, 2.45) is 0 Å². The minimum atomic E-state index is -0.467. The molecular weight excluding hydrogens is 286 g/mol. The van der Waals surface area contributed by atoms with Gasteiger partial charge in [-0.05, 0) is 29.9 Å². The largest absolute Gasteiger partial charge is 0.389 e. The molecule has 1 aromatic heterocycles. The van der Waals surface area contributed by atoms with Gasteiger partial charge in [0.1, 0.15) is 0 Å². The maximum absolute atomic E-state index is 9.82. The predicted octanol–water partition coefficient (Wildman–Crippen LogP) is 2.59. The molecule has 0 bridgehead atoms. The topological polar surface area (TPSA) is 50.7 Å². The van der Waals surface area contributed by atoms with Crippen LogP contribution < -0.4 is 5.32 Å². The van der Waals surface area contributed by atoms with Crippen molar-refractivity contribution in [3.63, 3.8) is 0 Å². The molecule has 1 aromatic rings. The molecule has 0 aromatic carbocycles. The summed E-state index contributed by atoms with van der Waals surface area (Å²) in [6, 6.07) is 2.17. The average Bonchev–Trinajstić information content (AvgIpc) is 2.94. The predicted molar refractivity (Wildman–Crippen MR) is 88.0 cm³/mol. The Hall–Kier alpha value is -0.460. The van der Waals surface area contributed by atoms with Crippen LogP contribution >= 0.6 is 11.3 Å². The molecule has 1 heterocycles. The monoisotopic (exact) mass is 315 g/mol. The van der Waals surface area contributed by atoms with Gasteiger partial charge < -0.3 is 19.9 Å². The van der Waals surface area contributed by atoms with Crippen LogP contribution in [0.25, 0.3) is 0 Å². The highest BCUT2D eigenvalue weighted by Crippen LogP contribution is 2.16. The van der Waals surface area contributed by atoms with E-state index in [9.17, 15) is 5.11 Å². The number of nitrogens with one attached hydrogen (secondary N) is 1. The van der Waals surface area contributed by atoms with Crippen LogP contribution in [0, 0.1) is 0 Å². The van der Waals surface area contributed by atoms with E-state index in [2.05, 4.69) is 30.6 Å². The van der Waals surface area contributed by atoms with E-state index in [0.717, 1.165) is 32.4 Å². The molecule has 4 nitrogen and oxygen atoms in total. The molecule has 0 spiro atoms. The molecule has 5 heteroatoms. The maximum Gasteiger partial charge on any atom is 0.0897 e. The standard InChI is InChI=1S/C16H29NO3S/c1-3-5-7-19-8-9-20-13-15(18)11-17-12-16-14(4-2)6-10-21-16/h6,10,15,17-18H,3-5,7-9,11-13H2,1-2H3. The molecular formula is C16H29NO3S. The second-order valence-electron chi connectivity index (χ2n) is 5.05. The smallest absolute Gasteiger partial charge is 0.0897 e. The highest BCUT2D eigenvalue weighted by molar-refractivity contribution is 7.10. The Kier molecular flexibility index (Phi) is 10.7. The summed E-state index contributed by atoms with van der Waals surface area (Å²) in [6.07, 6.45) is 2.83. The number of aryl methyl sites for hydroxylation is 1. The van der Waals surface area contributed by atoms with Crippen LogP contribution in [-0.2, 0) is 22.4 Å². The maximum atomic E-state index is 9.82. The quantitative estimate of drug-likeness (QED) is 0.549. The first-order valence-electron chi connectivity index (χ1n) is 7.87. The third kappa shape index (κ3) is 8.53. The Morgan fingerprint density at radius 2 is 2.05 bits per heavy atom. The van der Waals surface area contributed by atoms with Gasteiger partial charge in [0.05, 0.1) is 25.9 Å². The highest BCUT2D eigenvalue weighted by Gasteiger charge is 2.06. The van der Waals surface area contributed by atoms with E-state index in [1.165, 1.54) is 10.4 Å². The van der Waals surface area contributed by atoms with Crippen molar-refractivity contribution in [1.29, 1.82) is 0 Å². The summed E-state index contributed by atoms with van der Waals surface area (Å²) in [7, 11) is 0. The van der Waals surface area contributed by atoms with Crippen LogP contribution in [0.15, 0.2) is 11.4 Å². The Bertz CT molecular complexity index is 357. The van der Waals surface area contributed by atoms with E-state index in [-0.39, 0.29) is 0 Å². The second-order valence-corrected chi connectivity index (χ2v) is 6.05. The fourth-order valence-corrected chi connectivity index (χ4v) is 2.88. The van der Waals surface area contributed by atoms with Gasteiger partial charge in [0.2, 0.25) is 0 Å². The molecule has 0 aliphatic carbocycles. The van der Waals surface area contributed by atoms with E-state index >= 15 is 0 Å². The Morgan fingerprint density at radius 3 is 2.81 bits per heavy atom. The molecule has 1 unspecified atom stereocenters. The molecule has 1 rings (SSSR count). The summed E-state index contributed by atoms with van der Waals surface area (Å²) >= 11 is 1.76. The summed E-state index contributed by atoms with van der Waals surface area (Å²) < 4.78 is 10.8. The van der Waals surface area contributed by atoms with E-state index in [1.54, 1.807) is 11.3 Å². The Morgan fingerprint density at radius 1 is 1.24 bits per heavy atom. The van der Waals surface area contributed by atoms with Crippen LogP contribution in [0.2, 0.25) is 0 Å². The van der Waals surface area contributed by atoms with E-state index in [4.69, 9.17) is 9.47 Å². The SMILES string of the molecule is CCCCOCCOCC(O)CNCc1sccc1CC. The van der Waals surface area contributed by atoms with Gasteiger partial charge in [-0.3, -0.25) is 0 Å². The fraction of sp³-hybridized carbons (Fsp3) is 0.750. The zero-order valence-electron chi connectivity index (χ0n) is 13.3. The zero-order chi connectivity index (χ0) is 15.3. The van der Waals surface area contributed by atoms with Gasteiger partial charge in [-0.2, -0.15) is 0 Å². The third-order valence-corrected chi connectivity index (χ3v) is 4.17. The van der Waals surface area contributed by atoms with Crippen LogP contribution in [0.1, 0.15) is 37.1 Å². The second kappa shape index (κ2) is 12.1. The van der Waals surface area contributed by atoms with Crippen molar-refractivity contribution in [2.75, 3.05) is 33.0 Å². The number of aliphatic hydroxyl groups is 1. The Balaban J connectivity index is 1.97. The molecule has 0 amide bonds. The van der Waals surface area contributed by atoms with Crippen molar-refractivity contribution < 1.29 is 14.6 Å². The number of unbranched alkanes of at least 4 members (excludes halogenated alkanes) is 1. The molecule has 0 aliphatic rings. The van der Waals surface area contributed by atoms with E-state index < -0.39 is 6.10 Å². The number of aliphatic hydroxyl groups excluding tert-OH is 1. The molecule has 122 valence electrons. The van der Waals surface area contributed by atoms with Crippen molar-refractivity contribution in [2.45, 2.75) is 45.8 Å². The van der Waals surface area contributed by atoms with Crippen molar-refractivity contribution in [3.05, 3.63) is 21.9 Å². The molecule has 1 atom stereocenters. The first-order valence-corrected chi connectivity index (χ1v) is 8.75. The van der Waals surface area contributed by atoms with E-state index in [1.807, 2.05) is 0 Å². The molecule has 0 radical (unpaired) electrons. The summed E-state index contributed by atoms with van der Waals surface area (Å²) in [5.41, 5.74) is 1.39. The molecule has 21 heavy (non-hydrogen) atoms. The highest BCUT2D eigenvalue weighted by atomic mass is 32.1. The van der Waals surface area contributed by atoms with Gasteiger partial charge >= 0.3 is 0 Å². The number of ether oxygens (including phenoxy) is 2. The van der Waals surface area contributed by atoms with Gasteiger partial charge in [-0.25, -0.2) is 0 Å². The summed E-state index contributed by atoms with van der Waals surface area (Å²) in [5.74, 6) is 0. The lowest BCUT2D eigenvalue weighted by atomic mass is 10.2. The van der Waals surface area contributed by atoms with Gasteiger partial charge in [0.15, 0.2) is 0 Å². The lowest BCUT2D eigenvalue weighted by molar-refractivity contribution is 0.00386. The van der Waals surface area contributed by atoms with Crippen molar-refractivity contribution >= 4 is 11.3 Å². The summed E-state index contributed by atoms with van der Waals surface area (Å²) in [5, 5.41) is 15.2. The minimum absolute atomic E-state index is 0.356. The molecule has 2 N–H and O–H groups in total. The van der Waals surface area contributed by atoms with Crippen LogP contribution in [0.4, 0.5) is 0 Å². The first kappa shape index (κ1) is 18.6. The van der Waals surface area contributed by atoms with Crippen LogP contribution in [-0.4, -0.2) is 44.2 Å². The fourth-order valence-electron chi connectivity index (χ4n) is 1.93. The van der Waals surface area contributed by atoms with Crippen LogP contribution in [0.5, 0.6) is 0 Å². The lowest BCUT2D eigenvalue weighted by Gasteiger charge is -2.12. The van der Waals surface area contributed by atoms with Crippen LogP contribution in [0.3, 0.4) is 0 Å². The molecule has 0 saturated heterocycles. The number of rotatable bonds is 13. The molecule has 0 aliphatic heterocycles. The van der Waals surface area contributed by atoms with E-state index in [0.29, 0.717) is 26.4 Å². The normalized spacial score (nSPS) is 12.7. The number of hydrogen-bond donors (Lipinski definition) is 2. The zero-order valence-corrected chi connectivity index (χ0v) is 14.1. The van der Waals surface area contributed by atoms with Crippen molar-refractivity contribution in [3.8, 4) is 0 Å². The number of thiophene rings is 1. The third-order valence-electron chi connectivity index (χ3n) is 3.21. The average molecular weight is 315 g/mol. The van der Waals surface area contributed by atoms with Gasteiger partial charge in [0, 0.05) is 24.6 Å². The minimum Gasteiger partial charge on any atom is -0.389 e.